The molecule has 0 aliphatic heterocycles. The predicted octanol–water partition coefficient (Wildman–Crippen LogP) is 0.442. The molecule has 0 radical (unpaired) electrons. The Labute approximate surface area is 78.3 Å². The lowest BCUT2D eigenvalue weighted by molar-refractivity contribution is -0.133. The quantitative estimate of drug-likeness (QED) is 0.669. The minimum atomic E-state index is -2.66. The lowest BCUT2D eigenvalue weighted by atomic mass is 10.8. The lowest BCUT2D eigenvalue weighted by Crippen LogP contribution is -2.04. The highest BCUT2D eigenvalue weighted by atomic mass is 32.2. The molecule has 12 heavy (non-hydrogen) atoms. The van der Waals surface area contributed by atoms with Crippen molar-refractivity contribution < 1.29 is 18.3 Å². The molecule has 0 aromatic carbocycles. The van der Waals surface area contributed by atoms with Gasteiger partial charge in [0.05, 0.1) is 5.75 Å². The molecule has 0 unspecified atom stereocenters. The van der Waals surface area contributed by atoms with Crippen molar-refractivity contribution in [2.45, 2.75) is 13.8 Å². The molecule has 0 heterocycles. The molecule has 0 amide bonds. The van der Waals surface area contributed by atoms with E-state index in [1.54, 1.807) is 13.8 Å². The first kappa shape index (κ1) is 14.3. The van der Waals surface area contributed by atoms with Crippen LogP contribution in [-0.2, 0) is 14.6 Å². The highest BCUT2D eigenvalue weighted by Gasteiger charge is 1.99. The Morgan fingerprint density at radius 1 is 1.33 bits per heavy atom. The minimum absolute atomic E-state index is 0.0833. The summed E-state index contributed by atoms with van der Waals surface area (Å²) in [5, 5.41) is 7.65. The van der Waals surface area contributed by atoms with Crippen LogP contribution in [0.15, 0.2) is 0 Å². The third kappa shape index (κ3) is 12.4. The van der Waals surface area contributed by atoms with Gasteiger partial charge in [0.15, 0.2) is 0 Å². The van der Waals surface area contributed by atoms with Gasteiger partial charge in [-0.25, -0.2) is 8.42 Å². The van der Waals surface area contributed by atoms with Crippen LogP contribution in [0.1, 0.15) is 13.8 Å². The summed E-state index contributed by atoms with van der Waals surface area (Å²) in [6.07, 6.45) is 0. The Balaban J connectivity index is 0. The van der Waals surface area contributed by atoms with Crippen molar-refractivity contribution in [3.8, 4) is 0 Å². The molecule has 0 atom stereocenters. The second-order valence-corrected chi connectivity index (χ2v) is 4.83. The molecule has 0 spiro atoms. The van der Waals surface area contributed by atoms with Gasteiger partial charge >= 0.3 is 5.97 Å². The Hall–Kier alpha value is -0.230. The number of hydrogen-bond acceptors (Lipinski definition) is 4. The summed E-state index contributed by atoms with van der Waals surface area (Å²) in [7, 11) is -2.66. The molecule has 4 nitrogen and oxygen atoms in total. The number of sulfone groups is 1. The molecule has 0 aromatic heterocycles. The van der Waals surface area contributed by atoms with Crippen molar-refractivity contribution in [2.75, 3.05) is 17.3 Å². The predicted molar refractivity (Wildman–Crippen MR) is 51.5 cm³/mol. The number of thiol groups is 1. The number of carboxylic acid groups (broad SMARTS) is 1. The van der Waals surface area contributed by atoms with Gasteiger partial charge in [-0.1, -0.05) is 13.8 Å². The fourth-order valence-corrected chi connectivity index (χ4v) is 0.612. The van der Waals surface area contributed by atoms with Gasteiger partial charge in [-0.3, -0.25) is 4.79 Å². The van der Waals surface area contributed by atoms with Crippen molar-refractivity contribution in [3.05, 3.63) is 0 Å². The highest BCUT2D eigenvalue weighted by molar-refractivity contribution is 7.91. The van der Waals surface area contributed by atoms with Crippen LogP contribution in [0.25, 0.3) is 0 Å². The molecule has 0 aromatic rings. The topological polar surface area (TPSA) is 71.4 Å². The van der Waals surface area contributed by atoms with E-state index in [0.29, 0.717) is 0 Å². The van der Waals surface area contributed by atoms with Crippen LogP contribution in [0.3, 0.4) is 0 Å². The maximum atomic E-state index is 10.4. The van der Waals surface area contributed by atoms with Crippen LogP contribution in [0, 0.1) is 0 Å². The van der Waals surface area contributed by atoms with E-state index in [-0.39, 0.29) is 17.3 Å². The highest BCUT2D eigenvalue weighted by Crippen LogP contribution is 1.84. The Morgan fingerprint density at radius 3 is 1.58 bits per heavy atom. The molecule has 74 valence electrons. The van der Waals surface area contributed by atoms with Crippen LogP contribution < -0.4 is 0 Å². The normalized spacial score (nSPS) is 9.92. The van der Waals surface area contributed by atoms with Gasteiger partial charge in [-0.2, -0.15) is 12.6 Å². The number of carbonyl (C=O) groups is 1. The summed E-state index contributed by atoms with van der Waals surface area (Å²) in [5.41, 5.74) is 0. The first-order valence-corrected chi connectivity index (χ1v) is 5.88. The zero-order chi connectivity index (χ0) is 10.2. The second kappa shape index (κ2) is 7.42. The van der Waals surface area contributed by atoms with Crippen molar-refractivity contribution in [3.63, 3.8) is 0 Å². The lowest BCUT2D eigenvalue weighted by Gasteiger charge is -1.89. The van der Waals surface area contributed by atoms with E-state index in [1.807, 2.05) is 0 Å². The average Bonchev–Trinajstić information content (AvgIpc) is 2.05. The maximum absolute atomic E-state index is 10.4. The SMILES string of the molecule is CCS(=O)(=O)CC.O=C(O)CS. The number of aliphatic carboxylic acids is 1. The van der Waals surface area contributed by atoms with Crippen LogP contribution in [-0.4, -0.2) is 36.8 Å². The summed E-state index contributed by atoms with van der Waals surface area (Å²) in [6.45, 7) is 3.30. The van der Waals surface area contributed by atoms with Crippen molar-refractivity contribution >= 4 is 28.4 Å². The molecule has 0 rings (SSSR count). The standard InChI is InChI=1S/C4H10O2S.C2H4O2S/c1-3-7(5,6)4-2;3-2(4)1-5/h3-4H2,1-2H3;5H,1H2,(H,3,4). The summed E-state index contributed by atoms with van der Waals surface area (Å²) in [4.78, 5) is 9.29. The number of rotatable bonds is 3. The van der Waals surface area contributed by atoms with Gasteiger partial charge in [-0.15, -0.1) is 0 Å². The summed E-state index contributed by atoms with van der Waals surface area (Å²) in [6, 6.07) is 0. The fraction of sp³-hybridized carbons (Fsp3) is 0.833. The first-order chi connectivity index (χ1) is 5.39. The van der Waals surface area contributed by atoms with Gasteiger partial charge in [0.25, 0.3) is 0 Å². The molecule has 1 N–H and O–H groups in total. The van der Waals surface area contributed by atoms with E-state index >= 15 is 0 Å². The molecular weight excluding hydrogens is 200 g/mol. The van der Waals surface area contributed by atoms with Crippen molar-refractivity contribution in [1.29, 1.82) is 0 Å². The maximum Gasteiger partial charge on any atom is 0.313 e. The van der Waals surface area contributed by atoms with Crippen LogP contribution >= 0.6 is 12.6 Å². The van der Waals surface area contributed by atoms with Crippen LogP contribution in [0.5, 0.6) is 0 Å². The molecular formula is C6H14O4S2. The van der Waals surface area contributed by atoms with E-state index in [9.17, 15) is 13.2 Å². The number of carboxylic acids is 1. The zero-order valence-electron chi connectivity index (χ0n) is 7.15. The number of hydrogen-bond donors (Lipinski definition) is 2. The van der Waals surface area contributed by atoms with Crippen molar-refractivity contribution in [2.24, 2.45) is 0 Å². The van der Waals surface area contributed by atoms with Gasteiger partial charge in [0.2, 0.25) is 0 Å². The largest absolute Gasteiger partial charge is 0.481 e. The van der Waals surface area contributed by atoms with Gasteiger partial charge < -0.3 is 5.11 Å². The van der Waals surface area contributed by atoms with E-state index in [0.717, 1.165) is 0 Å². The molecule has 0 aliphatic carbocycles. The average molecular weight is 214 g/mol. The molecule has 0 fully saturated rings. The summed E-state index contributed by atoms with van der Waals surface area (Å²) >= 11 is 3.42. The monoisotopic (exact) mass is 214 g/mol. The van der Waals surface area contributed by atoms with E-state index in [2.05, 4.69) is 12.6 Å². The summed E-state index contributed by atoms with van der Waals surface area (Å²) < 4.78 is 20.7. The Morgan fingerprint density at radius 2 is 1.58 bits per heavy atom. The molecule has 0 saturated carbocycles. The second-order valence-electron chi connectivity index (χ2n) is 1.87. The fourth-order valence-electron chi connectivity index (χ4n) is 0.204. The van der Waals surface area contributed by atoms with Crippen LogP contribution in [0.2, 0.25) is 0 Å². The van der Waals surface area contributed by atoms with E-state index in [1.165, 1.54) is 0 Å². The minimum Gasteiger partial charge on any atom is -0.481 e. The Kier molecular flexibility index (Phi) is 8.84. The van der Waals surface area contributed by atoms with Gasteiger partial charge in [0, 0.05) is 11.5 Å². The van der Waals surface area contributed by atoms with Crippen molar-refractivity contribution in [1.82, 2.24) is 0 Å². The molecule has 6 heteroatoms. The van der Waals surface area contributed by atoms with Gasteiger partial charge in [-0.05, 0) is 0 Å². The summed E-state index contributed by atoms with van der Waals surface area (Å²) in [5.74, 6) is -0.430. The molecule has 0 saturated heterocycles. The third-order valence-corrected chi connectivity index (χ3v) is 3.04. The molecule has 0 bridgehead atoms. The zero-order valence-corrected chi connectivity index (χ0v) is 8.86. The van der Waals surface area contributed by atoms with E-state index in [4.69, 9.17) is 5.11 Å². The van der Waals surface area contributed by atoms with Gasteiger partial charge in [0.1, 0.15) is 9.84 Å². The Bertz CT molecular complexity index is 198. The third-order valence-electron chi connectivity index (χ3n) is 1.01. The smallest absolute Gasteiger partial charge is 0.313 e. The van der Waals surface area contributed by atoms with Crippen LogP contribution in [0.4, 0.5) is 0 Å². The van der Waals surface area contributed by atoms with E-state index < -0.39 is 15.8 Å². The molecule has 0 aliphatic rings. The first-order valence-electron chi connectivity index (χ1n) is 3.42.